The number of fused-ring (bicyclic) bond motifs is 1. The van der Waals surface area contributed by atoms with Gasteiger partial charge < -0.3 is 5.73 Å². The summed E-state index contributed by atoms with van der Waals surface area (Å²) in [4.78, 5) is 0.150. The fraction of sp³-hybridized carbons (Fsp3) is 0.308. The number of hydrogen-bond donors (Lipinski definition) is 2. The van der Waals surface area contributed by atoms with Crippen LogP contribution in [-0.4, -0.2) is 24.2 Å². The summed E-state index contributed by atoms with van der Waals surface area (Å²) >= 11 is 0. The van der Waals surface area contributed by atoms with Crippen molar-refractivity contribution in [3.8, 4) is 0 Å². The third kappa shape index (κ3) is 2.24. The van der Waals surface area contributed by atoms with Crippen molar-refractivity contribution in [2.75, 3.05) is 0 Å². The normalized spacial score (nSPS) is 21.9. The molecule has 6 nitrogen and oxygen atoms in total. The predicted octanol–water partition coefficient (Wildman–Crippen LogP) is 0.323. The standard InChI is InChI=1S/C13H16N4O2S/c1-17-8-10(7-15-17)20(18,19)16-13-11-5-3-2-4-9(11)6-12(13)14/h2-5,7-8,12-13,16H,6,14H2,1H3. The minimum absolute atomic E-state index is 0.150. The van der Waals surface area contributed by atoms with Gasteiger partial charge >= 0.3 is 0 Å². The van der Waals surface area contributed by atoms with Crippen LogP contribution in [0.15, 0.2) is 41.6 Å². The molecule has 20 heavy (non-hydrogen) atoms. The quantitative estimate of drug-likeness (QED) is 0.852. The van der Waals surface area contributed by atoms with Crippen LogP contribution >= 0.6 is 0 Å². The number of rotatable bonds is 3. The number of nitrogens with zero attached hydrogens (tertiary/aromatic N) is 2. The van der Waals surface area contributed by atoms with E-state index in [0.29, 0.717) is 6.42 Å². The Morgan fingerprint density at radius 3 is 2.85 bits per heavy atom. The van der Waals surface area contributed by atoms with Crippen LogP contribution < -0.4 is 10.5 Å². The zero-order valence-electron chi connectivity index (χ0n) is 11.0. The van der Waals surface area contributed by atoms with Crippen LogP contribution in [0.2, 0.25) is 0 Å². The van der Waals surface area contributed by atoms with E-state index in [1.165, 1.54) is 17.1 Å². The van der Waals surface area contributed by atoms with Crippen molar-refractivity contribution in [3.63, 3.8) is 0 Å². The molecule has 2 unspecified atom stereocenters. The minimum atomic E-state index is -3.61. The monoisotopic (exact) mass is 292 g/mol. The van der Waals surface area contributed by atoms with Crippen molar-refractivity contribution in [2.45, 2.75) is 23.4 Å². The molecule has 106 valence electrons. The van der Waals surface area contributed by atoms with Crippen LogP contribution in [-0.2, 0) is 23.5 Å². The van der Waals surface area contributed by atoms with Crippen LogP contribution in [0.5, 0.6) is 0 Å². The Morgan fingerprint density at radius 1 is 1.40 bits per heavy atom. The van der Waals surface area contributed by atoms with Crippen molar-refractivity contribution in [1.82, 2.24) is 14.5 Å². The Morgan fingerprint density at radius 2 is 2.15 bits per heavy atom. The van der Waals surface area contributed by atoms with Crippen molar-refractivity contribution < 1.29 is 8.42 Å². The molecule has 0 spiro atoms. The van der Waals surface area contributed by atoms with E-state index < -0.39 is 16.1 Å². The molecule has 3 rings (SSSR count). The van der Waals surface area contributed by atoms with E-state index in [1.54, 1.807) is 7.05 Å². The first-order valence-corrected chi connectivity index (χ1v) is 7.80. The lowest BCUT2D eigenvalue weighted by molar-refractivity contribution is 0.518. The maximum absolute atomic E-state index is 12.3. The number of aromatic nitrogens is 2. The Labute approximate surface area is 117 Å². The summed E-state index contributed by atoms with van der Waals surface area (Å²) in [6.45, 7) is 0. The van der Waals surface area contributed by atoms with E-state index >= 15 is 0 Å². The molecule has 0 aliphatic heterocycles. The first kappa shape index (κ1) is 13.3. The first-order valence-electron chi connectivity index (χ1n) is 6.32. The molecule has 0 bridgehead atoms. The Bertz CT molecular complexity index is 738. The van der Waals surface area contributed by atoms with E-state index in [9.17, 15) is 8.42 Å². The fourth-order valence-electron chi connectivity index (χ4n) is 2.55. The molecule has 2 aromatic rings. The molecule has 0 saturated heterocycles. The summed E-state index contributed by atoms with van der Waals surface area (Å²) in [5.41, 5.74) is 8.12. The fourth-order valence-corrected chi connectivity index (χ4v) is 3.80. The van der Waals surface area contributed by atoms with Crippen LogP contribution in [0.25, 0.3) is 0 Å². The second-order valence-corrected chi connectivity index (χ2v) is 6.73. The van der Waals surface area contributed by atoms with Crippen LogP contribution in [0.4, 0.5) is 0 Å². The van der Waals surface area contributed by atoms with Crippen molar-refractivity contribution in [3.05, 3.63) is 47.8 Å². The highest BCUT2D eigenvalue weighted by Crippen LogP contribution is 2.31. The van der Waals surface area contributed by atoms with Gasteiger partial charge in [0.1, 0.15) is 4.90 Å². The molecule has 7 heteroatoms. The van der Waals surface area contributed by atoms with Crippen LogP contribution in [0.3, 0.4) is 0 Å². The summed E-state index contributed by atoms with van der Waals surface area (Å²) in [5.74, 6) is 0. The highest BCUT2D eigenvalue weighted by molar-refractivity contribution is 7.89. The van der Waals surface area contributed by atoms with E-state index in [2.05, 4.69) is 9.82 Å². The van der Waals surface area contributed by atoms with Crippen LogP contribution in [0.1, 0.15) is 17.2 Å². The predicted molar refractivity (Wildman–Crippen MR) is 74.4 cm³/mol. The number of benzene rings is 1. The van der Waals surface area contributed by atoms with Gasteiger partial charge in [0.25, 0.3) is 0 Å². The SMILES string of the molecule is Cn1cc(S(=O)(=O)NC2c3ccccc3CC2N)cn1. The van der Waals surface area contributed by atoms with E-state index in [1.807, 2.05) is 24.3 Å². The number of sulfonamides is 1. The molecule has 0 radical (unpaired) electrons. The van der Waals surface area contributed by atoms with Gasteiger partial charge in [-0.3, -0.25) is 4.68 Å². The maximum atomic E-state index is 12.3. The summed E-state index contributed by atoms with van der Waals surface area (Å²) in [6, 6.07) is 7.08. The van der Waals surface area contributed by atoms with Crippen LogP contribution in [0, 0.1) is 0 Å². The highest BCUT2D eigenvalue weighted by atomic mass is 32.2. The molecule has 3 N–H and O–H groups in total. The van der Waals surface area contributed by atoms with Crippen molar-refractivity contribution >= 4 is 10.0 Å². The summed E-state index contributed by atoms with van der Waals surface area (Å²) in [5, 5.41) is 3.89. The molecular weight excluding hydrogens is 276 g/mol. The number of nitrogens with one attached hydrogen (secondary N) is 1. The molecule has 0 fully saturated rings. The molecule has 1 heterocycles. The summed E-state index contributed by atoms with van der Waals surface area (Å²) in [7, 11) is -1.94. The summed E-state index contributed by atoms with van der Waals surface area (Å²) in [6.07, 6.45) is 3.47. The third-order valence-electron chi connectivity index (χ3n) is 3.55. The van der Waals surface area contributed by atoms with E-state index in [0.717, 1.165) is 11.1 Å². The third-order valence-corrected chi connectivity index (χ3v) is 4.94. The van der Waals surface area contributed by atoms with Gasteiger partial charge in [0.15, 0.2) is 0 Å². The van der Waals surface area contributed by atoms with Crippen molar-refractivity contribution in [1.29, 1.82) is 0 Å². The van der Waals surface area contributed by atoms with Gasteiger partial charge in [-0.1, -0.05) is 24.3 Å². The lowest BCUT2D eigenvalue weighted by atomic mass is 10.1. The van der Waals surface area contributed by atoms with Gasteiger partial charge in [0.2, 0.25) is 10.0 Å². The lowest BCUT2D eigenvalue weighted by Gasteiger charge is -2.18. The molecule has 2 atom stereocenters. The average Bonchev–Trinajstić information content (AvgIpc) is 2.95. The largest absolute Gasteiger partial charge is 0.326 e. The van der Waals surface area contributed by atoms with E-state index in [4.69, 9.17) is 5.73 Å². The average molecular weight is 292 g/mol. The first-order chi connectivity index (χ1) is 9.47. The Kier molecular flexibility index (Phi) is 3.12. The van der Waals surface area contributed by atoms with Gasteiger partial charge in [-0.2, -0.15) is 5.10 Å². The lowest BCUT2D eigenvalue weighted by Crippen LogP contribution is -2.38. The topological polar surface area (TPSA) is 90.0 Å². The minimum Gasteiger partial charge on any atom is -0.326 e. The molecule has 0 amide bonds. The number of hydrogen-bond acceptors (Lipinski definition) is 4. The van der Waals surface area contributed by atoms with Gasteiger partial charge in [0.05, 0.1) is 12.2 Å². The second kappa shape index (κ2) is 4.69. The van der Waals surface area contributed by atoms with Gasteiger partial charge in [0, 0.05) is 19.3 Å². The number of aryl methyl sites for hydroxylation is 1. The molecule has 0 saturated carbocycles. The molecular formula is C13H16N4O2S. The Hall–Kier alpha value is -1.70. The van der Waals surface area contributed by atoms with Gasteiger partial charge in [-0.15, -0.1) is 0 Å². The highest BCUT2D eigenvalue weighted by Gasteiger charge is 2.33. The van der Waals surface area contributed by atoms with Crippen molar-refractivity contribution in [2.24, 2.45) is 12.8 Å². The second-order valence-electron chi connectivity index (χ2n) is 5.02. The van der Waals surface area contributed by atoms with Gasteiger partial charge in [-0.25, -0.2) is 13.1 Å². The number of nitrogens with two attached hydrogens (primary N) is 1. The summed E-state index contributed by atoms with van der Waals surface area (Å²) < 4.78 is 28.8. The molecule has 1 aromatic carbocycles. The van der Waals surface area contributed by atoms with Gasteiger partial charge in [-0.05, 0) is 17.5 Å². The zero-order valence-corrected chi connectivity index (χ0v) is 11.8. The Balaban J connectivity index is 1.92. The molecule has 1 aromatic heterocycles. The zero-order chi connectivity index (χ0) is 14.3. The van der Waals surface area contributed by atoms with E-state index in [-0.39, 0.29) is 10.9 Å². The smallest absolute Gasteiger partial charge is 0.244 e. The molecule has 1 aliphatic rings. The maximum Gasteiger partial charge on any atom is 0.244 e. The molecule has 1 aliphatic carbocycles.